The van der Waals surface area contributed by atoms with Crippen molar-refractivity contribution in [2.24, 2.45) is 5.41 Å². The first kappa shape index (κ1) is 16.0. The third-order valence-electron chi connectivity index (χ3n) is 6.73. The first-order chi connectivity index (χ1) is 13.7. The number of ether oxygens (including phenoxy) is 2. The first-order valence-corrected chi connectivity index (χ1v) is 10.0. The molecule has 2 nitrogen and oxygen atoms in total. The van der Waals surface area contributed by atoms with Crippen molar-refractivity contribution in [3.8, 4) is 11.5 Å². The molecule has 0 radical (unpaired) electrons. The van der Waals surface area contributed by atoms with Crippen molar-refractivity contribution in [3.05, 3.63) is 83.9 Å². The summed E-state index contributed by atoms with van der Waals surface area (Å²) in [6, 6.07) is 25.8. The molecular formula is C26H22O2. The monoisotopic (exact) mass is 366 g/mol. The molecule has 0 aromatic heterocycles. The topological polar surface area (TPSA) is 18.5 Å². The average Bonchev–Trinajstić information content (AvgIpc) is 2.75. The summed E-state index contributed by atoms with van der Waals surface area (Å²) in [4.78, 5) is 0. The standard InChI is InChI=1S/C26H22O2/c1-17-26(15-23-21-9-5-3-7-19(21)11-13-25(23)28-17)14-22-20-8-4-2-6-18(20)10-12-24(22)27-16-26/h2-13,17H,14-16H2,1H3. The zero-order valence-corrected chi connectivity index (χ0v) is 15.9. The molecule has 2 aliphatic heterocycles. The van der Waals surface area contributed by atoms with Gasteiger partial charge in [0, 0.05) is 16.5 Å². The van der Waals surface area contributed by atoms with Gasteiger partial charge in [0.15, 0.2) is 0 Å². The molecule has 4 aromatic rings. The predicted molar refractivity (Wildman–Crippen MR) is 113 cm³/mol. The third-order valence-corrected chi connectivity index (χ3v) is 6.73. The van der Waals surface area contributed by atoms with Gasteiger partial charge in [0.25, 0.3) is 0 Å². The van der Waals surface area contributed by atoms with E-state index in [4.69, 9.17) is 9.47 Å². The smallest absolute Gasteiger partial charge is 0.123 e. The first-order valence-electron chi connectivity index (χ1n) is 10.0. The average molecular weight is 366 g/mol. The molecule has 1 spiro atoms. The van der Waals surface area contributed by atoms with E-state index in [1.165, 1.54) is 32.7 Å². The number of benzene rings is 4. The number of rotatable bonds is 0. The number of fused-ring (bicyclic) bond motifs is 6. The summed E-state index contributed by atoms with van der Waals surface area (Å²) in [5.41, 5.74) is 2.60. The van der Waals surface area contributed by atoms with Crippen molar-refractivity contribution in [2.75, 3.05) is 6.61 Å². The lowest BCUT2D eigenvalue weighted by molar-refractivity contribution is -0.00804. The summed E-state index contributed by atoms with van der Waals surface area (Å²) in [6.45, 7) is 2.90. The molecule has 2 unspecified atom stereocenters. The molecule has 2 atom stereocenters. The Morgan fingerprint density at radius 2 is 1.29 bits per heavy atom. The van der Waals surface area contributed by atoms with Crippen LogP contribution in [-0.4, -0.2) is 12.7 Å². The van der Waals surface area contributed by atoms with E-state index in [9.17, 15) is 0 Å². The lowest BCUT2D eigenvalue weighted by Gasteiger charge is -2.46. The van der Waals surface area contributed by atoms with Gasteiger partial charge >= 0.3 is 0 Å². The largest absolute Gasteiger partial charge is 0.493 e. The van der Waals surface area contributed by atoms with Gasteiger partial charge in [-0.05, 0) is 53.4 Å². The quantitative estimate of drug-likeness (QED) is 0.383. The zero-order valence-electron chi connectivity index (χ0n) is 15.9. The van der Waals surface area contributed by atoms with Gasteiger partial charge in [0.1, 0.15) is 17.6 Å². The van der Waals surface area contributed by atoms with Crippen molar-refractivity contribution in [1.29, 1.82) is 0 Å². The fourth-order valence-electron chi connectivity index (χ4n) is 5.05. The van der Waals surface area contributed by atoms with Crippen LogP contribution >= 0.6 is 0 Å². The summed E-state index contributed by atoms with van der Waals surface area (Å²) < 4.78 is 12.8. The van der Waals surface area contributed by atoms with Crippen LogP contribution in [0.2, 0.25) is 0 Å². The Bertz CT molecular complexity index is 1220. The lowest BCUT2D eigenvalue weighted by Crippen LogP contribution is -2.50. The van der Waals surface area contributed by atoms with Gasteiger partial charge in [-0.25, -0.2) is 0 Å². The highest BCUT2D eigenvalue weighted by atomic mass is 16.5. The van der Waals surface area contributed by atoms with E-state index < -0.39 is 0 Å². The van der Waals surface area contributed by atoms with E-state index in [0.717, 1.165) is 24.3 Å². The van der Waals surface area contributed by atoms with Crippen LogP contribution in [0.5, 0.6) is 11.5 Å². The minimum absolute atomic E-state index is 0.0474. The van der Waals surface area contributed by atoms with Gasteiger partial charge in [-0.15, -0.1) is 0 Å². The molecule has 0 amide bonds. The maximum absolute atomic E-state index is 6.48. The third kappa shape index (κ3) is 2.21. The van der Waals surface area contributed by atoms with Crippen LogP contribution < -0.4 is 9.47 Å². The Hall–Kier alpha value is -3.00. The molecule has 2 heterocycles. The van der Waals surface area contributed by atoms with Crippen molar-refractivity contribution in [1.82, 2.24) is 0 Å². The minimum Gasteiger partial charge on any atom is -0.493 e. The molecule has 28 heavy (non-hydrogen) atoms. The SMILES string of the molecule is CC1Oc2ccc3ccccc3c2CC12COc1ccc3ccccc3c1C2. The maximum Gasteiger partial charge on any atom is 0.123 e. The second-order valence-electron chi connectivity index (χ2n) is 8.29. The van der Waals surface area contributed by atoms with Crippen LogP contribution in [-0.2, 0) is 12.8 Å². The van der Waals surface area contributed by atoms with Crippen LogP contribution in [0.25, 0.3) is 21.5 Å². The molecular weight excluding hydrogens is 344 g/mol. The molecule has 0 bridgehead atoms. The van der Waals surface area contributed by atoms with E-state index in [0.29, 0.717) is 6.61 Å². The van der Waals surface area contributed by atoms with Crippen molar-refractivity contribution < 1.29 is 9.47 Å². The van der Waals surface area contributed by atoms with E-state index >= 15 is 0 Å². The molecule has 138 valence electrons. The van der Waals surface area contributed by atoms with Crippen molar-refractivity contribution >= 4 is 21.5 Å². The highest BCUT2D eigenvalue weighted by Crippen LogP contribution is 2.48. The zero-order chi connectivity index (χ0) is 18.7. The van der Waals surface area contributed by atoms with E-state index in [1.54, 1.807) is 0 Å². The highest BCUT2D eigenvalue weighted by molar-refractivity contribution is 5.89. The molecule has 0 N–H and O–H groups in total. The highest BCUT2D eigenvalue weighted by Gasteiger charge is 2.46. The van der Waals surface area contributed by atoms with Crippen LogP contribution in [0.3, 0.4) is 0 Å². The molecule has 0 saturated carbocycles. The summed E-state index contributed by atoms with van der Waals surface area (Å²) in [5, 5.41) is 5.15. The van der Waals surface area contributed by atoms with Crippen LogP contribution in [0.4, 0.5) is 0 Å². The normalized spacial score (nSPS) is 23.1. The van der Waals surface area contributed by atoms with E-state index in [2.05, 4.69) is 79.7 Å². The van der Waals surface area contributed by atoms with Crippen LogP contribution in [0.15, 0.2) is 72.8 Å². The summed E-state index contributed by atoms with van der Waals surface area (Å²) in [5.74, 6) is 2.06. The van der Waals surface area contributed by atoms with Crippen molar-refractivity contribution in [2.45, 2.75) is 25.9 Å². The minimum atomic E-state index is -0.0474. The fourth-order valence-corrected chi connectivity index (χ4v) is 5.05. The van der Waals surface area contributed by atoms with Gasteiger partial charge in [0.2, 0.25) is 0 Å². The maximum atomic E-state index is 6.48. The molecule has 0 fully saturated rings. The second kappa shape index (κ2) is 5.75. The Morgan fingerprint density at radius 3 is 1.96 bits per heavy atom. The Morgan fingerprint density at radius 1 is 0.714 bits per heavy atom. The second-order valence-corrected chi connectivity index (χ2v) is 8.29. The molecule has 4 aromatic carbocycles. The van der Waals surface area contributed by atoms with Gasteiger partial charge in [-0.3, -0.25) is 0 Å². The number of hydrogen-bond donors (Lipinski definition) is 0. The predicted octanol–water partition coefficient (Wildman–Crippen LogP) is 5.94. The Labute approximate surface area is 164 Å². The summed E-state index contributed by atoms with van der Waals surface area (Å²) in [6.07, 6.45) is 2.06. The molecule has 6 rings (SSSR count). The van der Waals surface area contributed by atoms with Gasteiger partial charge in [-0.1, -0.05) is 60.7 Å². The molecule has 0 aliphatic carbocycles. The number of hydrogen-bond acceptors (Lipinski definition) is 2. The van der Waals surface area contributed by atoms with Gasteiger partial charge < -0.3 is 9.47 Å². The van der Waals surface area contributed by atoms with Crippen LogP contribution in [0, 0.1) is 5.41 Å². The molecule has 2 aliphatic rings. The Balaban J connectivity index is 1.50. The van der Waals surface area contributed by atoms with Gasteiger partial charge in [-0.2, -0.15) is 0 Å². The summed E-state index contributed by atoms with van der Waals surface area (Å²) >= 11 is 0. The fraction of sp³-hybridized carbons (Fsp3) is 0.231. The lowest BCUT2D eigenvalue weighted by atomic mass is 9.69. The van der Waals surface area contributed by atoms with Gasteiger partial charge in [0.05, 0.1) is 6.61 Å². The van der Waals surface area contributed by atoms with Crippen molar-refractivity contribution in [3.63, 3.8) is 0 Å². The Kier molecular flexibility index (Phi) is 3.28. The molecule has 2 heteroatoms. The summed E-state index contributed by atoms with van der Waals surface area (Å²) in [7, 11) is 0. The van der Waals surface area contributed by atoms with Crippen LogP contribution in [0.1, 0.15) is 18.1 Å². The van der Waals surface area contributed by atoms with E-state index in [1.807, 2.05) is 0 Å². The molecule has 0 saturated heterocycles. The van der Waals surface area contributed by atoms with E-state index in [-0.39, 0.29) is 11.5 Å².